The molecule has 3 heterocycles. The molecular weight excluding hydrogens is 268 g/mol. The molecule has 2 aromatic heterocycles. The van der Waals surface area contributed by atoms with Gasteiger partial charge in [-0.3, -0.25) is 9.59 Å². The van der Waals surface area contributed by atoms with Gasteiger partial charge in [0.05, 0.1) is 5.56 Å². The summed E-state index contributed by atoms with van der Waals surface area (Å²) in [5, 5.41) is 3.66. The van der Waals surface area contributed by atoms with Crippen molar-refractivity contribution in [2.24, 2.45) is 5.92 Å². The minimum Gasteiger partial charge on any atom is -0.357 e. The zero-order valence-electron chi connectivity index (χ0n) is 12.1. The molecule has 3 rings (SSSR count). The summed E-state index contributed by atoms with van der Waals surface area (Å²) in [6, 6.07) is 1.76. The number of hydrogen-bond donors (Lipinski definition) is 3. The quantitative estimate of drug-likeness (QED) is 0.786. The second-order valence-corrected chi connectivity index (χ2v) is 5.75. The summed E-state index contributed by atoms with van der Waals surface area (Å²) in [6.45, 7) is 2.86. The maximum Gasteiger partial charge on any atom is 0.272 e. The maximum atomic E-state index is 12.3. The van der Waals surface area contributed by atoms with Crippen LogP contribution in [0.2, 0.25) is 0 Å². The van der Waals surface area contributed by atoms with Crippen molar-refractivity contribution >= 4 is 16.8 Å². The first-order chi connectivity index (χ1) is 10.1. The van der Waals surface area contributed by atoms with E-state index in [9.17, 15) is 9.59 Å². The lowest BCUT2D eigenvalue weighted by atomic mass is 9.97. The molecule has 0 unspecified atom stereocenters. The Morgan fingerprint density at radius 1 is 1.38 bits per heavy atom. The molecule has 0 aromatic carbocycles. The van der Waals surface area contributed by atoms with E-state index in [1.54, 1.807) is 12.3 Å². The predicted molar refractivity (Wildman–Crippen MR) is 81.5 cm³/mol. The highest BCUT2D eigenvalue weighted by molar-refractivity contribution is 6.05. The average Bonchev–Trinajstić information content (AvgIpc) is 2.97. The van der Waals surface area contributed by atoms with Crippen LogP contribution >= 0.6 is 0 Å². The smallest absolute Gasteiger partial charge is 0.272 e. The summed E-state index contributed by atoms with van der Waals surface area (Å²) in [5.41, 5.74) is 0.752. The second kappa shape index (κ2) is 5.73. The Hall–Kier alpha value is -2.08. The lowest BCUT2D eigenvalue weighted by Crippen LogP contribution is -2.37. The summed E-state index contributed by atoms with van der Waals surface area (Å²) in [7, 11) is 2.12. The molecule has 3 N–H and O–H groups in total. The van der Waals surface area contributed by atoms with Gasteiger partial charge in [-0.2, -0.15) is 0 Å². The van der Waals surface area contributed by atoms with Gasteiger partial charge in [0.15, 0.2) is 0 Å². The number of pyridine rings is 1. The third-order valence-electron chi connectivity index (χ3n) is 4.25. The number of rotatable bonds is 3. The summed E-state index contributed by atoms with van der Waals surface area (Å²) in [5.74, 6) is 0.407. The number of carbonyl (C=O) groups is 1. The number of nitrogens with zero attached hydrogens (tertiary/aromatic N) is 1. The van der Waals surface area contributed by atoms with Gasteiger partial charge in [-0.25, -0.2) is 0 Å². The first kappa shape index (κ1) is 13.9. The Labute approximate surface area is 122 Å². The highest BCUT2D eigenvalue weighted by Gasteiger charge is 2.18. The number of aromatic amines is 2. The van der Waals surface area contributed by atoms with Gasteiger partial charge in [-0.1, -0.05) is 0 Å². The van der Waals surface area contributed by atoms with Gasteiger partial charge in [0.1, 0.15) is 5.52 Å². The fourth-order valence-electron chi connectivity index (χ4n) is 2.86. The third kappa shape index (κ3) is 2.85. The van der Waals surface area contributed by atoms with Gasteiger partial charge >= 0.3 is 0 Å². The monoisotopic (exact) mass is 288 g/mol. The fourth-order valence-corrected chi connectivity index (χ4v) is 2.86. The van der Waals surface area contributed by atoms with Gasteiger partial charge in [-0.15, -0.1) is 0 Å². The molecule has 21 heavy (non-hydrogen) atoms. The van der Waals surface area contributed by atoms with E-state index >= 15 is 0 Å². The maximum absolute atomic E-state index is 12.3. The Bertz CT molecular complexity index is 695. The molecule has 0 aliphatic carbocycles. The van der Waals surface area contributed by atoms with E-state index in [0.717, 1.165) is 25.9 Å². The number of H-pyrrole nitrogens is 2. The van der Waals surface area contributed by atoms with Crippen LogP contribution in [0.1, 0.15) is 23.2 Å². The van der Waals surface area contributed by atoms with Crippen LogP contribution in [0.4, 0.5) is 0 Å². The molecule has 0 atom stereocenters. The second-order valence-electron chi connectivity index (χ2n) is 5.75. The number of hydrogen-bond acceptors (Lipinski definition) is 3. The molecular formula is C15H20N4O2. The van der Waals surface area contributed by atoms with Crippen molar-refractivity contribution in [3.8, 4) is 0 Å². The van der Waals surface area contributed by atoms with Crippen molar-refractivity contribution in [3.05, 3.63) is 34.4 Å². The van der Waals surface area contributed by atoms with Crippen molar-refractivity contribution in [2.45, 2.75) is 12.8 Å². The van der Waals surface area contributed by atoms with Gasteiger partial charge < -0.3 is 20.2 Å². The van der Waals surface area contributed by atoms with Crippen molar-refractivity contribution in [2.75, 3.05) is 26.7 Å². The van der Waals surface area contributed by atoms with E-state index < -0.39 is 0 Å². The summed E-state index contributed by atoms with van der Waals surface area (Å²) in [4.78, 5) is 31.7. The highest BCUT2D eigenvalue weighted by Crippen LogP contribution is 2.16. The minimum absolute atomic E-state index is 0.130. The number of aromatic nitrogens is 2. The molecule has 1 saturated heterocycles. The van der Waals surface area contributed by atoms with Crippen molar-refractivity contribution < 1.29 is 4.79 Å². The standard InChI is InChI=1S/C15H20N4O2/c1-19-6-3-10(4-7-19)8-17-14(20)12-9-18-15(21)13-11(12)2-5-16-13/h2,5,9-10,16H,3-4,6-8H2,1H3,(H,17,20)(H,18,21). The Morgan fingerprint density at radius 2 is 2.14 bits per heavy atom. The minimum atomic E-state index is -0.207. The Balaban J connectivity index is 1.69. The van der Waals surface area contributed by atoms with E-state index in [0.29, 0.717) is 28.9 Å². The first-order valence-corrected chi connectivity index (χ1v) is 7.30. The van der Waals surface area contributed by atoms with Crippen LogP contribution in [0.5, 0.6) is 0 Å². The SMILES string of the molecule is CN1CCC(CNC(=O)c2c[nH]c(=O)c3[nH]ccc23)CC1. The molecule has 6 heteroatoms. The first-order valence-electron chi connectivity index (χ1n) is 7.30. The van der Waals surface area contributed by atoms with Crippen LogP contribution in [0, 0.1) is 5.92 Å². The van der Waals surface area contributed by atoms with E-state index in [2.05, 4.69) is 27.2 Å². The van der Waals surface area contributed by atoms with E-state index in [4.69, 9.17) is 0 Å². The van der Waals surface area contributed by atoms with Crippen LogP contribution in [0.3, 0.4) is 0 Å². The zero-order chi connectivity index (χ0) is 14.8. The lowest BCUT2D eigenvalue weighted by Gasteiger charge is -2.28. The van der Waals surface area contributed by atoms with Crippen LogP contribution < -0.4 is 10.9 Å². The van der Waals surface area contributed by atoms with Crippen molar-refractivity contribution in [1.29, 1.82) is 0 Å². The molecule has 6 nitrogen and oxygen atoms in total. The number of fused-ring (bicyclic) bond motifs is 1. The molecule has 1 aliphatic heterocycles. The van der Waals surface area contributed by atoms with Gasteiger partial charge in [0.25, 0.3) is 11.5 Å². The molecule has 0 spiro atoms. The lowest BCUT2D eigenvalue weighted by molar-refractivity contribution is 0.0940. The van der Waals surface area contributed by atoms with Crippen LogP contribution in [-0.2, 0) is 0 Å². The third-order valence-corrected chi connectivity index (χ3v) is 4.25. The normalized spacial score (nSPS) is 17.2. The van der Waals surface area contributed by atoms with Crippen LogP contribution in [0.25, 0.3) is 10.9 Å². The molecule has 1 amide bonds. The number of nitrogens with one attached hydrogen (secondary N) is 3. The molecule has 0 radical (unpaired) electrons. The number of carbonyl (C=O) groups excluding carboxylic acids is 1. The van der Waals surface area contributed by atoms with Crippen LogP contribution in [-0.4, -0.2) is 47.5 Å². The van der Waals surface area contributed by atoms with Gasteiger partial charge in [0, 0.05) is 24.3 Å². The molecule has 1 aliphatic rings. The molecule has 2 aromatic rings. The molecule has 0 bridgehead atoms. The predicted octanol–water partition coefficient (Wildman–Crippen LogP) is 0.928. The number of likely N-dealkylation sites (tertiary alicyclic amines) is 1. The van der Waals surface area contributed by atoms with E-state index in [1.807, 2.05) is 0 Å². The van der Waals surface area contributed by atoms with Gasteiger partial charge in [-0.05, 0) is 45.0 Å². The fraction of sp³-hybridized carbons (Fsp3) is 0.467. The number of piperidine rings is 1. The van der Waals surface area contributed by atoms with E-state index in [-0.39, 0.29) is 11.5 Å². The molecule has 0 saturated carbocycles. The zero-order valence-corrected chi connectivity index (χ0v) is 12.1. The summed E-state index contributed by atoms with van der Waals surface area (Å²) in [6.07, 6.45) is 5.39. The average molecular weight is 288 g/mol. The largest absolute Gasteiger partial charge is 0.357 e. The summed E-state index contributed by atoms with van der Waals surface area (Å²) >= 11 is 0. The molecule has 112 valence electrons. The van der Waals surface area contributed by atoms with Crippen LogP contribution in [0.15, 0.2) is 23.3 Å². The Kier molecular flexibility index (Phi) is 3.79. The van der Waals surface area contributed by atoms with E-state index in [1.165, 1.54) is 6.20 Å². The van der Waals surface area contributed by atoms with Gasteiger partial charge in [0.2, 0.25) is 0 Å². The highest BCUT2D eigenvalue weighted by atomic mass is 16.1. The number of amides is 1. The van der Waals surface area contributed by atoms with Crippen molar-refractivity contribution in [3.63, 3.8) is 0 Å². The summed E-state index contributed by atoms with van der Waals surface area (Å²) < 4.78 is 0. The molecule has 1 fully saturated rings. The Morgan fingerprint density at radius 3 is 2.90 bits per heavy atom. The van der Waals surface area contributed by atoms with Crippen molar-refractivity contribution in [1.82, 2.24) is 20.2 Å². The topological polar surface area (TPSA) is 81.0 Å².